The van der Waals surface area contributed by atoms with Crippen LogP contribution in [-0.4, -0.2) is 34.8 Å². The Labute approximate surface area is 153 Å². The number of fused-ring (bicyclic) bond motifs is 1. The van der Waals surface area contributed by atoms with Gasteiger partial charge in [0, 0.05) is 17.1 Å². The van der Waals surface area contributed by atoms with Gasteiger partial charge in [-0.15, -0.1) is 0 Å². The highest BCUT2D eigenvalue weighted by Gasteiger charge is 2.39. The van der Waals surface area contributed by atoms with Crippen LogP contribution in [0.25, 0.3) is 10.8 Å². The summed E-state index contributed by atoms with van der Waals surface area (Å²) in [4.78, 5) is 28.4. The third-order valence-corrected chi connectivity index (χ3v) is 4.96. The topological polar surface area (TPSA) is 78.8 Å². The summed E-state index contributed by atoms with van der Waals surface area (Å²) in [6.45, 7) is 1.66. The summed E-state index contributed by atoms with van der Waals surface area (Å²) in [6.07, 6.45) is 4.74. The number of nitrogens with zero attached hydrogens (tertiary/aromatic N) is 1. The molecule has 2 aromatic rings. The molecule has 6 heteroatoms. The number of carbonyl (C=O) groups excluding carboxylic acids is 1. The third kappa shape index (κ3) is 3.22. The van der Waals surface area contributed by atoms with Crippen LogP contribution < -0.4 is 5.32 Å². The number of hydrogen-bond acceptors (Lipinski definition) is 3. The van der Waals surface area contributed by atoms with Crippen molar-refractivity contribution >= 4 is 44.8 Å². The van der Waals surface area contributed by atoms with Crippen molar-refractivity contribution in [2.45, 2.75) is 23.8 Å². The maximum Gasteiger partial charge on any atom is 0.331 e. The number of benzene rings is 2. The number of rotatable bonds is 4. The Morgan fingerprint density at radius 3 is 2.64 bits per heavy atom. The molecule has 0 fully saturated rings. The van der Waals surface area contributed by atoms with Crippen molar-refractivity contribution in [2.75, 3.05) is 0 Å². The molecule has 25 heavy (non-hydrogen) atoms. The summed E-state index contributed by atoms with van der Waals surface area (Å²) >= 11 is 3.46. The van der Waals surface area contributed by atoms with Gasteiger partial charge in [-0.25, -0.2) is 4.79 Å². The van der Waals surface area contributed by atoms with E-state index in [4.69, 9.17) is 0 Å². The number of aliphatic carboxylic acids is 1. The second-order valence-electron chi connectivity index (χ2n) is 6.09. The lowest BCUT2D eigenvalue weighted by atomic mass is 9.89. The highest BCUT2D eigenvalue weighted by molar-refractivity contribution is 9.08. The van der Waals surface area contributed by atoms with E-state index < -0.39 is 17.6 Å². The minimum Gasteiger partial charge on any atom is -0.480 e. The second kappa shape index (κ2) is 6.80. The zero-order valence-corrected chi connectivity index (χ0v) is 15.2. The van der Waals surface area contributed by atoms with E-state index in [1.807, 2.05) is 30.3 Å². The molecule has 2 atom stereocenters. The van der Waals surface area contributed by atoms with Crippen molar-refractivity contribution in [1.29, 1.82) is 0 Å². The first-order valence-corrected chi connectivity index (χ1v) is 8.91. The summed E-state index contributed by atoms with van der Waals surface area (Å²) in [5, 5.41) is 14.7. The van der Waals surface area contributed by atoms with Crippen molar-refractivity contribution in [3.63, 3.8) is 0 Å². The average molecular weight is 401 g/mol. The molecule has 128 valence electrons. The van der Waals surface area contributed by atoms with Crippen LogP contribution in [0.1, 0.15) is 22.8 Å². The lowest BCUT2D eigenvalue weighted by Gasteiger charge is -2.32. The number of carboxylic acids is 1. The molecule has 3 rings (SSSR count). The zero-order chi connectivity index (χ0) is 18.0. The predicted molar refractivity (Wildman–Crippen MR) is 102 cm³/mol. The van der Waals surface area contributed by atoms with Gasteiger partial charge in [-0.1, -0.05) is 52.3 Å². The van der Waals surface area contributed by atoms with Crippen LogP contribution in [-0.2, 0) is 10.1 Å². The Kier molecular flexibility index (Phi) is 4.72. The van der Waals surface area contributed by atoms with Gasteiger partial charge < -0.3 is 10.4 Å². The molecule has 1 aliphatic rings. The fraction of sp³-hybridized carbons (Fsp3) is 0.211. The van der Waals surface area contributed by atoms with Crippen LogP contribution in [0.4, 0.5) is 0 Å². The molecule has 1 amide bonds. The van der Waals surface area contributed by atoms with Crippen LogP contribution >= 0.6 is 15.9 Å². The van der Waals surface area contributed by atoms with Gasteiger partial charge in [0.25, 0.3) is 5.91 Å². The quantitative estimate of drug-likeness (QED) is 0.772. The fourth-order valence-electron chi connectivity index (χ4n) is 3.04. The molecular formula is C19H17BrN2O3. The summed E-state index contributed by atoms with van der Waals surface area (Å²) in [6, 6.07) is 10.3. The van der Waals surface area contributed by atoms with Gasteiger partial charge in [-0.05, 0) is 35.4 Å². The van der Waals surface area contributed by atoms with Crippen LogP contribution in [0.15, 0.2) is 53.5 Å². The normalized spacial score (nSPS) is 22.1. The molecule has 0 spiro atoms. The number of carbonyl (C=O) groups is 2. The van der Waals surface area contributed by atoms with E-state index in [9.17, 15) is 14.7 Å². The van der Waals surface area contributed by atoms with Crippen LogP contribution in [0.2, 0.25) is 0 Å². The number of hydrogen-bond donors (Lipinski definition) is 2. The first-order chi connectivity index (χ1) is 12.0. The molecule has 2 N–H and O–H groups in total. The molecule has 2 aromatic carbocycles. The molecule has 0 radical (unpaired) electrons. The van der Waals surface area contributed by atoms with Gasteiger partial charge >= 0.3 is 5.97 Å². The Morgan fingerprint density at radius 2 is 1.96 bits per heavy atom. The Morgan fingerprint density at radius 1 is 1.24 bits per heavy atom. The summed E-state index contributed by atoms with van der Waals surface area (Å²) in [7, 11) is 0. The summed E-state index contributed by atoms with van der Waals surface area (Å²) in [5.74, 6) is -1.41. The first kappa shape index (κ1) is 17.4. The number of halogens is 1. The number of aliphatic imine (C=N–C) groups is 1. The number of nitrogens with one attached hydrogen (secondary N) is 1. The average Bonchev–Trinajstić information content (AvgIpc) is 2.60. The van der Waals surface area contributed by atoms with Crippen molar-refractivity contribution < 1.29 is 14.7 Å². The smallest absolute Gasteiger partial charge is 0.331 e. The molecule has 0 bridgehead atoms. The van der Waals surface area contributed by atoms with Gasteiger partial charge in [-0.2, -0.15) is 0 Å². The minimum absolute atomic E-state index is 0.326. The number of alkyl halides is 1. The Hall–Kier alpha value is -2.47. The maximum absolute atomic E-state index is 12.9. The van der Waals surface area contributed by atoms with E-state index in [1.54, 1.807) is 25.1 Å². The predicted octanol–water partition coefficient (Wildman–Crippen LogP) is 3.32. The van der Waals surface area contributed by atoms with Gasteiger partial charge in [0.15, 0.2) is 6.04 Å². The van der Waals surface area contributed by atoms with Crippen LogP contribution in [0, 0.1) is 0 Å². The second-order valence-corrected chi connectivity index (χ2v) is 6.65. The highest BCUT2D eigenvalue weighted by Crippen LogP contribution is 2.26. The van der Waals surface area contributed by atoms with E-state index in [1.165, 1.54) is 6.21 Å². The van der Waals surface area contributed by atoms with E-state index in [-0.39, 0.29) is 5.91 Å². The van der Waals surface area contributed by atoms with Gasteiger partial charge in [0.2, 0.25) is 0 Å². The lowest BCUT2D eigenvalue weighted by Crippen LogP contribution is -2.56. The molecule has 0 aromatic heterocycles. The number of carboxylic acid groups (broad SMARTS) is 1. The highest BCUT2D eigenvalue weighted by atomic mass is 79.9. The third-order valence-electron chi connectivity index (χ3n) is 4.35. The number of allylic oxidation sites excluding steroid dienone is 1. The van der Waals surface area contributed by atoms with Crippen molar-refractivity contribution in [1.82, 2.24) is 5.32 Å². The maximum atomic E-state index is 12.9. The van der Waals surface area contributed by atoms with E-state index in [0.717, 1.165) is 16.3 Å². The Balaban J connectivity index is 1.99. The molecule has 5 nitrogen and oxygen atoms in total. The summed E-state index contributed by atoms with van der Waals surface area (Å²) in [5.41, 5.74) is 0.505. The molecule has 0 aliphatic carbocycles. The summed E-state index contributed by atoms with van der Waals surface area (Å²) < 4.78 is 0. The number of amides is 1. The van der Waals surface area contributed by atoms with E-state index in [0.29, 0.717) is 10.9 Å². The SMILES string of the molecule is CC1(NC(=O)c2ccc(CBr)c3ccccc23)C=CC=NC1C(=O)O. The molecular weight excluding hydrogens is 384 g/mol. The largest absolute Gasteiger partial charge is 0.480 e. The van der Waals surface area contributed by atoms with Crippen LogP contribution in [0.3, 0.4) is 0 Å². The van der Waals surface area contributed by atoms with E-state index >= 15 is 0 Å². The monoisotopic (exact) mass is 400 g/mol. The van der Waals surface area contributed by atoms with E-state index in [2.05, 4.69) is 26.2 Å². The van der Waals surface area contributed by atoms with Gasteiger partial charge in [0.05, 0.1) is 5.54 Å². The van der Waals surface area contributed by atoms with Crippen molar-refractivity contribution in [3.8, 4) is 0 Å². The molecule has 0 saturated carbocycles. The molecule has 2 unspecified atom stereocenters. The lowest BCUT2D eigenvalue weighted by molar-refractivity contribution is -0.139. The van der Waals surface area contributed by atoms with Crippen LogP contribution in [0.5, 0.6) is 0 Å². The first-order valence-electron chi connectivity index (χ1n) is 7.79. The zero-order valence-electron chi connectivity index (χ0n) is 13.6. The minimum atomic E-state index is -1.09. The standard InChI is InChI=1S/C19H17BrN2O3/c1-19(9-4-10-21-16(19)18(24)25)22-17(23)15-8-7-12(11-20)13-5-2-3-6-14(13)15/h2-10,16H,11H2,1H3,(H,22,23)(H,24,25). The van der Waals surface area contributed by atoms with Crippen molar-refractivity contribution in [2.24, 2.45) is 4.99 Å². The number of dihydropyridines is 1. The molecule has 0 saturated heterocycles. The molecule has 1 heterocycles. The fourth-order valence-corrected chi connectivity index (χ4v) is 3.53. The van der Waals surface area contributed by atoms with Crippen molar-refractivity contribution in [3.05, 3.63) is 59.7 Å². The molecule has 1 aliphatic heterocycles. The van der Waals surface area contributed by atoms with Gasteiger partial charge in [0.1, 0.15) is 0 Å². The van der Waals surface area contributed by atoms with Gasteiger partial charge in [-0.3, -0.25) is 9.79 Å². The Bertz CT molecular complexity index is 907.